The number of nitrogens with zero attached hydrogens (tertiary/aromatic N) is 2. The van der Waals surface area contributed by atoms with Crippen LogP contribution in [-0.2, 0) is 25.5 Å². The van der Waals surface area contributed by atoms with E-state index in [-0.39, 0.29) is 18.9 Å². The molecule has 0 aliphatic heterocycles. The Morgan fingerprint density at radius 3 is 2.40 bits per heavy atom. The van der Waals surface area contributed by atoms with E-state index < -0.39 is 29.6 Å². The zero-order chi connectivity index (χ0) is 22.3. The van der Waals surface area contributed by atoms with E-state index in [0.717, 1.165) is 0 Å². The maximum Gasteiger partial charge on any atom is 0.412 e. The van der Waals surface area contributed by atoms with Gasteiger partial charge in [0.15, 0.2) is 5.92 Å². The number of ether oxygens (including phenoxy) is 2. The Kier molecular flexibility index (Phi) is 7.46. The SMILES string of the molecule is CCOC(=O)C(Cc1ncc(NC(=O)OC(C)(C)C)c(-c2ccccc2)n1)C(=O)O. The molecule has 0 saturated heterocycles. The molecule has 1 amide bonds. The summed E-state index contributed by atoms with van der Waals surface area (Å²) in [5.74, 6) is -3.48. The Hall–Kier alpha value is -3.49. The van der Waals surface area contributed by atoms with Crippen molar-refractivity contribution in [2.45, 2.75) is 39.7 Å². The number of nitrogens with one attached hydrogen (secondary N) is 1. The first-order valence-electron chi connectivity index (χ1n) is 9.41. The number of carboxylic acids is 1. The average Bonchev–Trinajstić information content (AvgIpc) is 2.66. The molecule has 1 unspecified atom stereocenters. The van der Waals surface area contributed by atoms with Crippen LogP contribution in [0.3, 0.4) is 0 Å². The monoisotopic (exact) mass is 415 g/mol. The Labute approximate surface area is 174 Å². The zero-order valence-electron chi connectivity index (χ0n) is 17.3. The van der Waals surface area contributed by atoms with Crippen LogP contribution in [0, 0.1) is 5.92 Å². The van der Waals surface area contributed by atoms with Crippen LogP contribution in [0.15, 0.2) is 36.5 Å². The first-order valence-corrected chi connectivity index (χ1v) is 9.41. The second kappa shape index (κ2) is 9.82. The maximum atomic E-state index is 12.2. The first kappa shape index (κ1) is 22.8. The number of esters is 1. The van der Waals surface area contributed by atoms with Crippen molar-refractivity contribution in [2.24, 2.45) is 5.92 Å². The lowest BCUT2D eigenvalue weighted by Gasteiger charge is -2.20. The molecule has 2 N–H and O–H groups in total. The Balaban J connectivity index is 2.38. The molecule has 9 nitrogen and oxygen atoms in total. The highest BCUT2D eigenvalue weighted by Crippen LogP contribution is 2.26. The van der Waals surface area contributed by atoms with Crippen molar-refractivity contribution >= 4 is 23.7 Å². The molecule has 9 heteroatoms. The van der Waals surface area contributed by atoms with Gasteiger partial charge in [0.2, 0.25) is 0 Å². The summed E-state index contributed by atoms with van der Waals surface area (Å²) >= 11 is 0. The van der Waals surface area contributed by atoms with Gasteiger partial charge in [0.25, 0.3) is 0 Å². The summed E-state index contributed by atoms with van der Waals surface area (Å²) in [6, 6.07) is 8.99. The van der Waals surface area contributed by atoms with Gasteiger partial charge < -0.3 is 14.6 Å². The fourth-order valence-electron chi connectivity index (χ4n) is 2.53. The smallest absolute Gasteiger partial charge is 0.412 e. The third kappa shape index (κ3) is 6.54. The zero-order valence-corrected chi connectivity index (χ0v) is 17.3. The standard InChI is InChI=1S/C21H25N3O6/c1-5-29-19(27)14(18(25)26)11-16-22-12-15(23-20(28)30-21(2,3)4)17(24-16)13-9-7-6-8-10-13/h6-10,12,14H,5,11H2,1-4H3,(H,23,28)(H,25,26). The van der Waals surface area contributed by atoms with Crippen molar-refractivity contribution < 1.29 is 29.0 Å². The molecule has 0 aliphatic carbocycles. The van der Waals surface area contributed by atoms with Crippen LogP contribution in [0.25, 0.3) is 11.3 Å². The summed E-state index contributed by atoms with van der Waals surface area (Å²) in [7, 11) is 0. The van der Waals surface area contributed by atoms with E-state index in [0.29, 0.717) is 16.9 Å². The minimum absolute atomic E-state index is 0.0669. The lowest BCUT2D eigenvalue weighted by atomic mass is 10.1. The van der Waals surface area contributed by atoms with Gasteiger partial charge in [-0.15, -0.1) is 0 Å². The van der Waals surface area contributed by atoms with E-state index in [1.54, 1.807) is 52.0 Å². The van der Waals surface area contributed by atoms with E-state index in [1.165, 1.54) is 6.20 Å². The number of benzene rings is 1. The number of aromatic nitrogens is 2. The minimum atomic E-state index is -1.43. The number of carbonyl (C=O) groups is 3. The van der Waals surface area contributed by atoms with Gasteiger partial charge in [0.05, 0.1) is 24.2 Å². The van der Waals surface area contributed by atoms with Crippen molar-refractivity contribution in [3.63, 3.8) is 0 Å². The van der Waals surface area contributed by atoms with Crippen LogP contribution >= 0.6 is 0 Å². The molecule has 1 aromatic carbocycles. The highest BCUT2D eigenvalue weighted by molar-refractivity contribution is 5.94. The number of carbonyl (C=O) groups excluding carboxylic acids is 2. The van der Waals surface area contributed by atoms with E-state index in [2.05, 4.69) is 15.3 Å². The van der Waals surface area contributed by atoms with Crippen molar-refractivity contribution in [2.75, 3.05) is 11.9 Å². The molecule has 0 radical (unpaired) electrons. The minimum Gasteiger partial charge on any atom is -0.481 e. The van der Waals surface area contributed by atoms with Gasteiger partial charge in [0, 0.05) is 12.0 Å². The third-order valence-electron chi connectivity index (χ3n) is 3.78. The second-order valence-electron chi connectivity index (χ2n) is 7.39. The van der Waals surface area contributed by atoms with Gasteiger partial charge in [0.1, 0.15) is 11.4 Å². The number of carboxylic acid groups (broad SMARTS) is 1. The quantitative estimate of drug-likeness (QED) is 0.521. The molecule has 0 aliphatic rings. The molecule has 160 valence electrons. The number of aliphatic carboxylic acids is 1. The molecule has 1 atom stereocenters. The molecule has 0 spiro atoms. The van der Waals surface area contributed by atoms with Crippen LogP contribution in [0.5, 0.6) is 0 Å². The predicted octanol–water partition coefficient (Wildman–Crippen LogP) is 3.30. The summed E-state index contributed by atoms with van der Waals surface area (Å²) in [6.07, 6.45) is 0.435. The lowest BCUT2D eigenvalue weighted by molar-refractivity contribution is -0.158. The number of hydrogen-bond acceptors (Lipinski definition) is 7. The van der Waals surface area contributed by atoms with Crippen LogP contribution in [0.1, 0.15) is 33.5 Å². The Morgan fingerprint density at radius 2 is 1.83 bits per heavy atom. The highest BCUT2D eigenvalue weighted by atomic mass is 16.6. The summed E-state index contributed by atoms with van der Waals surface area (Å²) < 4.78 is 10.1. The molecular weight excluding hydrogens is 390 g/mol. The van der Waals surface area contributed by atoms with Gasteiger partial charge in [-0.1, -0.05) is 30.3 Å². The Morgan fingerprint density at radius 1 is 1.17 bits per heavy atom. The third-order valence-corrected chi connectivity index (χ3v) is 3.78. The van der Waals surface area contributed by atoms with Gasteiger partial charge in [-0.2, -0.15) is 0 Å². The second-order valence-corrected chi connectivity index (χ2v) is 7.39. The summed E-state index contributed by atoms with van der Waals surface area (Å²) in [5.41, 5.74) is 0.656. The molecular formula is C21H25N3O6. The number of rotatable bonds is 7. The molecule has 1 heterocycles. The molecule has 0 saturated carbocycles. The van der Waals surface area contributed by atoms with E-state index in [4.69, 9.17) is 9.47 Å². The van der Waals surface area contributed by atoms with E-state index >= 15 is 0 Å². The maximum absolute atomic E-state index is 12.2. The van der Waals surface area contributed by atoms with Crippen molar-refractivity contribution in [1.29, 1.82) is 0 Å². The molecule has 1 aromatic heterocycles. The highest BCUT2D eigenvalue weighted by Gasteiger charge is 2.29. The lowest BCUT2D eigenvalue weighted by Crippen LogP contribution is -2.29. The predicted molar refractivity (Wildman–Crippen MR) is 109 cm³/mol. The fourth-order valence-corrected chi connectivity index (χ4v) is 2.53. The number of anilines is 1. The van der Waals surface area contributed by atoms with Gasteiger partial charge >= 0.3 is 18.0 Å². The molecule has 30 heavy (non-hydrogen) atoms. The normalized spacial score (nSPS) is 12.0. The van der Waals surface area contributed by atoms with Crippen LogP contribution in [0.2, 0.25) is 0 Å². The first-order chi connectivity index (χ1) is 14.1. The van der Waals surface area contributed by atoms with Crippen molar-refractivity contribution in [3.05, 3.63) is 42.4 Å². The van der Waals surface area contributed by atoms with Crippen LogP contribution < -0.4 is 5.32 Å². The number of hydrogen-bond donors (Lipinski definition) is 2. The Bertz CT molecular complexity index is 909. The molecule has 0 bridgehead atoms. The molecule has 2 aromatic rings. The van der Waals surface area contributed by atoms with E-state index in [1.807, 2.05) is 6.07 Å². The van der Waals surface area contributed by atoms with Crippen LogP contribution in [0.4, 0.5) is 10.5 Å². The summed E-state index contributed by atoms with van der Waals surface area (Å²) in [4.78, 5) is 44.2. The summed E-state index contributed by atoms with van der Waals surface area (Å²) in [5, 5.41) is 12.0. The van der Waals surface area contributed by atoms with Gasteiger partial charge in [-0.3, -0.25) is 14.9 Å². The van der Waals surface area contributed by atoms with Gasteiger partial charge in [-0.25, -0.2) is 14.8 Å². The molecule has 2 rings (SSSR count). The number of amides is 1. The van der Waals surface area contributed by atoms with Crippen molar-refractivity contribution in [1.82, 2.24) is 9.97 Å². The average molecular weight is 415 g/mol. The van der Waals surface area contributed by atoms with E-state index in [9.17, 15) is 19.5 Å². The largest absolute Gasteiger partial charge is 0.481 e. The van der Waals surface area contributed by atoms with Gasteiger partial charge in [-0.05, 0) is 27.7 Å². The van der Waals surface area contributed by atoms with Crippen LogP contribution in [-0.4, -0.2) is 45.3 Å². The fraction of sp³-hybridized carbons (Fsp3) is 0.381. The summed E-state index contributed by atoms with van der Waals surface area (Å²) in [6.45, 7) is 6.89. The topological polar surface area (TPSA) is 128 Å². The molecule has 0 fully saturated rings. The van der Waals surface area contributed by atoms with Crippen molar-refractivity contribution in [3.8, 4) is 11.3 Å².